The Bertz CT molecular complexity index is 350. The lowest BCUT2D eigenvalue weighted by molar-refractivity contribution is 0.281. The number of hydrogen-bond donors (Lipinski definition) is 2. The Morgan fingerprint density at radius 2 is 2.00 bits per heavy atom. The summed E-state index contributed by atoms with van der Waals surface area (Å²) in [5, 5.41) is 17.2. The standard InChI is InChI=1S/C10H9FO2/c11-10-5-8(2-1-3-12)4-9(6-10)7-13/h4-6,12-13H,3,7H2. The Kier molecular flexibility index (Phi) is 3.44. The first-order valence-electron chi connectivity index (χ1n) is 3.76. The van der Waals surface area contributed by atoms with Crippen LogP contribution in [0.25, 0.3) is 0 Å². The molecule has 0 aliphatic carbocycles. The molecule has 0 unspecified atom stereocenters. The number of hydrogen-bond acceptors (Lipinski definition) is 2. The Hall–Kier alpha value is -1.37. The summed E-state index contributed by atoms with van der Waals surface area (Å²) in [6.07, 6.45) is 0. The fraction of sp³-hybridized carbons (Fsp3) is 0.200. The number of rotatable bonds is 1. The van der Waals surface area contributed by atoms with Gasteiger partial charge >= 0.3 is 0 Å². The highest BCUT2D eigenvalue weighted by Gasteiger charge is 1.97. The predicted molar refractivity (Wildman–Crippen MR) is 46.3 cm³/mol. The largest absolute Gasteiger partial charge is 0.392 e. The number of halogens is 1. The van der Waals surface area contributed by atoms with Gasteiger partial charge in [-0.3, -0.25) is 0 Å². The van der Waals surface area contributed by atoms with Crippen LogP contribution >= 0.6 is 0 Å². The summed E-state index contributed by atoms with van der Waals surface area (Å²) < 4.78 is 12.8. The van der Waals surface area contributed by atoms with Crippen LogP contribution in [0.3, 0.4) is 0 Å². The van der Waals surface area contributed by atoms with Crippen LogP contribution in [0.2, 0.25) is 0 Å². The molecule has 1 rings (SSSR count). The molecule has 0 fully saturated rings. The molecule has 3 heteroatoms. The second-order valence-corrected chi connectivity index (χ2v) is 2.47. The first kappa shape index (κ1) is 9.72. The van der Waals surface area contributed by atoms with Crippen LogP contribution in [0.4, 0.5) is 4.39 Å². The molecule has 0 aromatic heterocycles. The normalized spacial score (nSPS) is 9.15. The minimum absolute atomic E-state index is 0.217. The maximum atomic E-state index is 12.8. The van der Waals surface area contributed by atoms with Crippen molar-refractivity contribution in [3.05, 3.63) is 35.1 Å². The van der Waals surface area contributed by atoms with E-state index in [0.717, 1.165) is 0 Å². The van der Waals surface area contributed by atoms with Gasteiger partial charge < -0.3 is 10.2 Å². The third-order valence-electron chi connectivity index (χ3n) is 1.45. The van der Waals surface area contributed by atoms with Crippen LogP contribution < -0.4 is 0 Å². The van der Waals surface area contributed by atoms with E-state index in [1.54, 1.807) is 6.07 Å². The molecule has 0 saturated carbocycles. The van der Waals surface area contributed by atoms with Crippen LogP contribution in [0, 0.1) is 17.7 Å². The van der Waals surface area contributed by atoms with Gasteiger partial charge in [-0.1, -0.05) is 11.8 Å². The first-order chi connectivity index (χ1) is 6.26. The number of benzene rings is 1. The van der Waals surface area contributed by atoms with Gasteiger partial charge in [0.25, 0.3) is 0 Å². The Morgan fingerprint density at radius 3 is 2.62 bits per heavy atom. The molecule has 0 heterocycles. The highest BCUT2D eigenvalue weighted by Crippen LogP contribution is 2.07. The fourth-order valence-electron chi connectivity index (χ4n) is 0.955. The molecule has 0 saturated heterocycles. The quantitative estimate of drug-likeness (QED) is 0.623. The fourth-order valence-corrected chi connectivity index (χ4v) is 0.955. The van der Waals surface area contributed by atoms with Crippen molar-refractivity contribution < 1.29 is 14.6 Å². The summed E-state index contributed by atoms with van der Waals surface area (Å²) in [6.45, 7) is -0.476. The summed E-state index contributed by atoms with van der Waals surface area (Å²) in [5.41, 5.74) is 0.931. The second-order valence-electron chi connectivity index (χ2n) is 2.47. The van der Waals surface area contributed by atoms with Crippen molar-refractivity contribution in [1.29, 1.82) is 0 Å². The van der Waals surface area contributed by atoms with Crippen molar-refractivity contribution in [3.8, 4) is 11.8 Å². The predicted octanol–water partition coefficient (Wildman–Crippen LogP) is 0.662. The van der Waals surface area contributed by atoms with Gasteiger partial charge in [0.2, 0.25) is 0 Å². The molecule has 1 aromatic rings. The molecule has 68 valence electrons. The summed E-state index contributed by atoms with van der Waals surface area (Å²) in [6, 6.07) is 4.07. The van der Waals surface area contributed by atoms with Gasteiger partial charge in [0, 0.05) is 5.56 Å². The van der Waals surface area contributed by atoms with Crippen molar-refractivity contribution in [2.45, 2.75) is 6.61 Å². The molecule has 1 aromatic carbocycles. The summed E-state index contributed by atoms with van der Waals surface area (Å²) in [5.74, 6) is 4.52. The van der Waals surface area contributed by atoms with Crippen molar-refractivity contribution in [1.82, 2.24) is 0 Å². The minimum atomic E-state index is -0.436. The van der Waals surface area contributed by atoms with E-state index >= 15 is 0 Å². The molecular weight excluding hydrogens is 171 g/mol. The summed E-state index contributed by atoms with van der Waals surface area (Å²) in [4.78, 5) is 0. The summed E-state index contributed by atoms with van der Waals surface area (Å²) in [7, 11) is 0. The van der Waals surface area contributed by atoms with E-state index in [2.05, 4.69) is 11.8 Å². The topological polar surface area (TPSA) is 40.5 Å². The molecule has 0 radical (unpaired) electrons. The highest BCUT2D eigenvalue weighted by atomic mass is 19.1. The van der Waals surface area contributed by atoms with Crippen molar-refractivity contribution >= 4 is 0 Å². The van der Waals surface area contributed by atoms with E-state index in [1.165, 1.54) is 12.1 Å². The van der Waals surface area contributed by atoms with E-state index in [9.17, 15) is 4.39 Å². The zero-order valence-corrected chi connectivity index (χ0v) is 6.92. The molecule has 0 bridgehead atoms. The average Bonchev–Trinajstić information content (AvgIpc) is 2.14. The Balaban J connectivity index is 3.01. The Labute approximate surface area is 75.6 Å². The van der Waals surface area contributed by atoms with Crippen LogP contribution in [-0.2, 0) is 6.61 Å². The van der Waals surface area contributed by atoms with Crippen molar-refractivity contribution in [2.75, 3.05) is 6.61 Å². The summed E-state index contributed by atoms with van der Waals surface area (Å²) >= 11 is 0. The van der Waals surface area contributed by atoms with Crippen LogP contribution in [0.5, 0.6) is 0 Å². The molecule has 0 spiro atoms. The molecule has 0 atom stereocenters. The van der Waals surface area contributed by atoms with Crippen molar-refractivity contribution in [3.63, 3.8) is 0 Å². The maximum Gasteiger partial charge on any atom is 0.124 e. The molecule has 2 N–H and O–H groups in total. The molecule has 0 aliphatic heterocycles. The van der Waals surface area contributed by atoms with E-state index in [0.29, 0.717) is 11.1 Å². The third-order valence-corrected chi connectivity index (χ3v) is 1.45. The van der Waals surface area contributed by atoms with Crippen LogP contribution in [0.1, 0.15) is 11.1 Å². The van der Waals surface area contributed by atoms with Crippen LogP contribution in [-0.4, -0.2) is 16.8 Å². The van der Waals surface area contributed by atoms with E-state index in [1.807, 2.05) is 0 Å². The van der Waals surface area contributed by atoms with Crippen LogP contribution in [0.15, 0.2) is 18.2 Å². The smallest absolute Gasteiger partial charge is 0.124 e. The van der Waals surface area contributed by atoms with Gasteiger partial charge in [-0.2, -0.15) is 0 Å². The van der Waals surface area contributed by atoms with Gasteiger partial charge in [-0.15, -0.1) is 0 Å². The molecular formula is C10H9FO2. The van der Waals surface area contributed by atoms with Crippen molar-refractivity contribution in [2.24, 2.45) is 0 Å². The van der Waals surface area contributed by atoms with Gasteiger partial charge in [-0.25, -0.2) is 4.39 Å². The van der Waals surface area contributed by atoms with E-state index in [4.69, 9.17) is 10.2 Å². The third kappa shape index (κ3) is 2.86. The molecule has 2 nitrogen and oxygen atoms in total. The number of aliphatic hydroxyl groups excluding tert-OH is 2. The highest BCUT2D eigenvalue weighted by molar-refractivity contribution is 5.37. The monoisotopic (exact) mass is 180 g/mol. The second kappa shape index (κ2) is 4.61. The molecule has 13 heavy (non-hydrogen) atoms. The lowest BCUT2D eigenvalue weighted by Gasteiger charge is -1.97. The first-order valence-corrected chi connectivity index (χ1v) is 3.76. The average molecular weight is 180 g/mol. The van der Waals surface area contributed by atoms with Gasteiger partial charge in [0.15, 0.2) is 0 Å². The zero-order chi connectivity index (χ0) is 9.68. The minimum Gasteiger partial charge on any atom is -0.392 e. The van der Waals surface area contributed by atoms with E-state index in [-0.39, 0.29) is 13.2 Å². The maximum absolute atomic E-state index is 12.8. The Morgan fingerprint density at radius 1 is 1.23 bits per heavy atom. The zero-order valence-electron chi connectivity index (χ0n) is 6.92. The van der Waals surface area contributed by atoms with Gasteiger partial charge in [0.1, 0.15) is 12.4 Å². The lowest BCUT2D eigenvalue weighted by Crippen LogP contribution is -1.88. The van der Waals surface area contributed by atoms with E-state index < -0.39 is 5.82 Å². The number of aliphatic hydroxyl groups is 2. The van der Waals surface area contributed by atoms with Gasteiger partial charge in [0.05, 0.1) is 6.61 Å². The SMILES string of the molecule is OCC#Cc1cc(F)cc(CO)c1. The lowest BCUT2D eigenvalue weighted by atomic mass is 10.1. The molecule has 0 aliphatic rings. The molecule has 0 amide bonds. The van der Waals surface area contributed by atoms with Gasteiger partial charge in [-0.05, 0) is 23.8 Å².